The summed E-state index contributed by atoms with van der Waals surface area (Å²) in [6.07, 6.45) is 1.55. The zero-order valence-electron chi connectivity index (χ0n) is 14.6. The molecule has 8 nitrogen and oxygen atoms in total. The average molecular weight is 405 g/mol. The second-order valence-electron chi connectivity index (χ2n) is 5.50. The van der Waals surface area contributed by atoms with Crippen LogP contribution in [0.2, 0.25) is 5.15 Å². The van der Waals surface area contributed by atoms with Crippen LogP contribution in [0.1, 0.15) is 6.92 Å². The minimum Gasteiger partial charge on any atom is -0.497 e. The van der Waals surface area contributed by atoms with Crippen LogP contribution in [0.3, 0.4) is 0 Å². The number of amides is 1. The normalized spacial score (nSPS) is 11.8. The molecule has 1 amide bonds. The molecule has 0 aliphatic rings. The van der Waals surface area contributed by atoms with E-state index in [1.165, 1.54) is 16.4 Å². The minimum atomic E-state index is -0.475. The zero-order chi connectivity index (χ0) is 19.4. The van der Waals surface area contributed by atoms with Gasteiger partial charge in [0.2, 0.25) is 11.1 Å². The highest BCUT2D eigenvalue weighted by Gasteiger charge is 2.20. The maximum absolute atomic E-state index is 12.4. The van der Waals surface area contributed by atoms with Crippen molar-refractivity contribution in [3.05, 3.63) is 47.7 Å². The van der Waals surface area contributed by atoms with E-state index in [2.05, 4.69) is 20.5 Å². The highest BCUT2D eigenvalue weighted by molar-refractivity contribution is 8.00. The van der Waals surface area contributed by atoms with Gasteiger partial charge in [-0.2, -0.15) is 0 Å². The van der Waals surface area contributed by atoms with Crippen molar-refractivity contribution in [2.24, 2.45) is 0 Å². The monoisotopic (exact) mass is 404 g/mol. The van der Waals surface area contributed by atoms with Crippen LogP contribution in [0.25, 0.3) is 11.4 Å². The third-order valence-corrected chi connectivity index (χ3v) is 5.04. The van der Waals surface area contributed by atoms with Crippen molar-refractivity contribution in [2.75, 3.05) is 18.3 Å². The summed E-state index contributed by atoms with van der Waals surface area (Å²) in [5, 5.41) is 11.1. The summed E-state index contributed by atoms with van der Waals surface area (Å²) in [5.41, 5.74) is 1.24. The molecule has 0 saturated carbocycles. The molecule has 2 aromatic heterocycles. The smallest absolute Gasteiger partial charge is 0.237 e. The van der Waals surface area contributed by atoms with Crippen LogP contribution < -0.4 is 15.9 Å². The molecule has 0 saturated heterocycles. The number of thioether (sulfide) groups is 1. The molecule has 27 heavy (non-hydrogen) atoms. The summed E-state index contributed by atoms with van der Waals surface area (Å²) in [6.45, 7) is 1.74. The molecule has 0 aliphatic heterocycles. The summed E-state index contributed by atoms with van der Waals surface area (Å²) >= 11 is 7.15. The van der Waals surface area contributed by atoms with E-state index in [1.807, 2.05) is 24.3 Å². The number of hydrogen-bond acceptors (Lipinski definition) is 7. The lowest BCUT2D eigenvalue weighted by molar-refractivity contribution is -0.115. The summed E-state index contributed by atoms with van der Waals surface area (Å²) in [7, 11) is 1.60. The van der Waals surface area contributed by atoms with Crippen LogP contribution >= 0.6 is 23.4 Å². The van der Waals surface area contributed by atoms with Gasteiger partial charge in [-0.05, 0) is 43.3 Å². The van der Waals surface area contributed by atoms with E-state index in [9.17, 15) is 4.79 Å². The third kappa shape index (κ3) is 4.32. The molecule has 0 fully saturated rings. The molecule has 0 bridgehead atoms. The molecule has 10 heteroatoms. The van der Waals surface area contributed by atoms with E-state index in [4.69, 9.17) is 22.2 Å². The number of nitrogen functional groups attached to an aromatic ring is 1. The molecule has 3 aromatic rings. The molecular weight excluding hydrogens is 388 g/mol. The maximum Gasteiger partial charge on any atom is 0.237 e. The van der Waals surface area contributed by atoms with Gasteiger partial charge in [0, 0.05) is 11.8 Å². The number of nitrogens with one attached hydrogen (secondary N) is 1. The summed E-state index contributed by atoms with van der Waals surface area (Å²) in [5.74, 6) is 7.08. The number of ether oxygens (including phenoxy) is 1. The Morgan fingerprint density at radius 3 is 2.70 bits per heavy atom. The van der Waals surface area contributed by atoms with Crippen molar-refractivity contribution >= 4 is 35.0 Å². The van der Waals surface area contributed by atoms with E-state index in [-0.39, 0.29) is 11.1 Å². The molecule has 140 valence electrons. The number of carbonyl (C=O) groups is 1. The highest BCUT2D eigenvalue weighted by atomic mass is 35.5. The van der Waals surface area contributed by atoms with E-state index in [0.29, 0.717) is 16.7 Å². The molecule has 1 aromatic carbocycles. The highest BCUT2D eigenvalue weighted by Crippen LogP contribution is 2.27. The van der Waals surface area contributed by atoms with E-state index in [0.717, 1.165) is 11.3 Å². The van der Waals surface area contributed by atoms with Gasteiger partial charge in [-0.25, -0.2) is 9.66 Å². The fraction of sp³-hybridized carbons (Fsp3) is 0.176. The quantitative estimate of drug-likeness (QED) is 0.369. The molecule has 0 unspecified atom stereocenters. The minimum absolute atomic E-state index is 0.229. The van der Waals surface area contributed by atoms with E-state index < -0.39 is 5.25 Å². The summed E-state index contributed by atoms with van der Waals surface area (Å²) in [4.78, 5) is 16.3. The largest absolute Gasteiger partial charge is 0.497 e. The van der Waals surface area contributed by atoms with Gasteiger partial charge in [-0.15, -0.1) is 10.2 Å². The molecule has 3 rings (SSSR count). The topological polar surface area (TPSA) is 108 Å². The fourth-order valence-electron chi connectivity index (χ4n) is 2.22. The molecule has 0 spiro atoms. The number of methoxy groups -OCH3 is 1. The number of nitrogens with two attached hydrogens (primary N) is 1. The standard InChI is InChI=1S/C17H17ClN6O2S/c1-10(16(25)21-13-4-3-9-20-14(13)18)27-17-23-22-15(24(17)19)11-5-7-12(26-2)8-6-11/h3-10H,19H2,1-2H3,(H,21,25)/t10-/m1/s1. The first-order valence-electron chi connectivity index (χ1n) is 7.92. The van der Waals surface area contributed by atoms with Gasteiger partial charge in [0.1, 0.15) is 5.75 Å². The lowest BCUT2D eigenvalue weighted by atomic mass is 10.2. The fourth-order valence-corrected chi connectivity index (χ4v) is 3.16. The second-order valence-corrected chi connectivity index (χ2v) is 7.16. The Morgan fingerprint density at radius 1 is 1.30 bits per heavy atom. The Kier molecular flexibility index (Phi) is 5.82. The number of rotatable bonds is 6. The van der Waals surface area contributed by atoms with E-state index in [1.54, 1.807) is 32.4 Å². The first kappa shape index (κ1) is 19.0. The lowest BCUT2D eigenvalue weighted by Crippen LogP contribution is -2.24. The number of anilines is 1. The number of pyridine rings is 1. The van der Waals surface area contributed by atoms with Gasteiger partial charge >= 0.3 is 0 Å². The third-order valence-electron chi connectivity index (χ3n) is 3.68. The van der Waals surface area contributed by atoms with Crippen molar-refractivity contribution in [1.82, 2.24) is 19.9 Å². The van der Waals surface area contributed by atoms with Gasteiger partial charge in [-0.1, -0.05) is 23.4 Å². The van der Waals surface area contributed by atoms with Crippen molar-refractivity contribution in [3.63, 3.8) is 0 Å². The molecule has 0 radical (unpaired) electrons. The Bertz CT molecular complexity index is 947. The predicted octanol–water partition coefficient (Wildman–Crippen LogP) is 2.84. The van der Waals surface area contributed by atoms with Crippen LogP contribution in [-0.2, 0) is 4.79 Å². The van der Waals surface area contributed by atoms with E-state index >= 15 is 0 Å². The van der Waals surface area contributed by atoms with Gasteiger partial charge in [0.15, 0.2) is 11.0 Å². The average Bonchev–Trinajstić information content (AvgIpc) is 3.04. The van der Waals surface area contributed by atoms with Crippen LogP contribution in [-0.4, -0.2) is 38.1 Å². The van der Waals surface area contributed by atoms with Crippen molar-refractivity contribution < 1.29 is 9.53 Å². The molecule has 1 atom stereocenters. The summed E-state index contributed by atoms with van der Waals surface area (Å²) < 4.78 is 6.49. The van der Waals surface area contributed by atoms with Crippen LogP contribution in [0.15, 0.2) is 47.8 Å². The Balaban J connectivity index is 1.71. The number of nitrogens with zero attached hydrogens (tertiary/aromatic N) is 4. The van der Waals surface area contributed by atoms with Crippen LogP contribution in [0.4, 0.5) is 5.69 Å². The maximum atomic E-state index is 12.4. The second kappa shape index (κ2) is 8.28. The Hall–Kier alpha value is -2.78. The number of carbonyl (C=O) groups excluding carboxylic acids is 1. The number of benzene rings is 1. The summed E-state index contributed by atoms with van der Waals surface area (Å²) in [6, 6.07) is 10.7. The predicted molar refractivity (Wildman–Crippen MR) is 105 cm³/mol. The molecule has 2 heterocycles. The first-order chi connectivity index (χ1) is 13.0. The van der Waals surface area contributed by atoms with Gasteiger partial charge < -0.3 is 15.9 Å². The molecule has 3 N–H and O–H groups in total. The molecule has 0 aliphatic carbocycles. The number of aromatic nitrogens is 4. The van der Waals surface area contributed by atoms with Crippen LogP contribution in [0.5, 0.6) is 5.75 Å². The van der Waals surface area contributed by atoms with Gasteiger partial charge in [-0.3, -0.25) is 4.79 Å². The SMILES string of the molecule is COc1ccc(-c2nnc(S[C@H](C)C(=O)Nc3cccnc3Cl)n2N)cc1. The number of hydrogen-bond donors (Lipinski definition) is 2. The lowest BCUT2D eigenvalue weighted by Gasteiger charge is -2.12. The van der Waals surface area contributed by atoms with Gasteiger partial charge in [0.05, 0.1) is 18.0 Å². The first-order valence-corrected chi connectivity index (χ1v) is 9.18. The van der Waals surface area contributed by atoms with Crippen molar-refractivity contribution in [3.8, 4) is 17.1 Å². The number of halogens is 1. The Morgan fingerprint density at radius 2 is 2.04 bits per heavy atom. The Labute approximate surface area is 165 Å². The zero-order valence-corrected chi connectivity index (χ0v) is 16.2. The van der Waals surface area contributed by atoms with Crippen molar-refractivity contribution in [1.29, 1.82) is 0 Å². The van der Waals surface area contributed by atoms with Gasteiger partial charge in [0.25, 0.3) is 0 Å². The van der Waals surface area contributed by atoms with Crippen LogP contribution in [0, 0.1) is 0 Å². The van der Waals surface area contributed by atoms with Crippen molar-refractivity contribution in [2.45, 2.75) is 17.3 Å². The molecular formula is C17H17ClN6O2S.